The summed E-state index contributed by atoms with van der Waals surface area (Å²) in [6, 6.07) is 0.363. The molecule has 4 fully saturated rings. The van der Waals surface area contributed by atoms with Gasteiger partial charge in [-0.05, 0) is 61.2 Å². The first-order chi connectivity index (χ1) is 8.22. The lowest BCUT2D eigenvalue weighted by molar-refractivity contribution is -0.129. The van der Waals surface area contributed by atoms with Gasteiger partial charge in [-0.3, -0.25) is 0 Å². The first kappa shape index (κ1) is 13.7. The highest BCUT2D eigenvalue weighted by atomic mass is 35.5. The van der Waals surface area contributed by atoms with E-state index in [9.17, 15) is 0 Å². The van der Waals surface area contributed by atoms with Crippen LogP contribution in [-0.2, 0) is 4.74 Å². The van der Waals surface area contributed by atoms with Crippen molar-refractivity contribution in [3.63, 3.8) is 0 Å². The Labute approximate surface area is 111 Å². The summed E-state index contributed by atoms with van der Waals surface area (Å²) < 4.78 is 5.53. The van der Waals surface area contributed by atoms with Gasteiger partial charge in [-0.15, -0.1) is 0 Å². The van der Waals surface area contributed by atoms with Crippen molar-refractivity contribution in [3.8, 4) is 0 Å². The molecule has 4 rings (SSSR count). The van der Waals surface area contributed by atoms with Crippen LogP contribution in [0.5, 0.6) is 0 Å². The number of alkyl halides is 1. The van der Waals surface area contributed by atoms with Crippen LogP contribution in [0, 0.1) is 29.1 Å². The number of halogens is 1. The van der Waals surface area contributed by atoms with Crippen molar-refractivity contribution in [2.45, 2.75) is 52.9 Å². The van der Waals surface area contributed by atoms with Crippen LogP contribution in [0.3, 0.4) is 0 Å². The van der Waals surface area contributed by atoms with Gasteiger partial charge in [0.05, 0.1) is 6.61 Å². The van der Waals surface area contributed by atoms with Gasteiger partial charge in [0.15, 0.2) is 0 Å². The molecule has 0 heterocycles. The Hall–Kier alpha value is 0.250. The summed E-state index contributed by atoms with van der Waals surface area (Å²) in [6.45, 7) is 7.35. The van der Waals surface area contributed by atoms with Gasteiger partial charge in [0.2, 0.25) is 0 Å². The Balaban J connectivity index is 0.000000514. The van der Waals surface area contributed by atoms with E-state index in [0.29, 0.717) is 11.5 Å². The second-order valence-corrected chi connectivity index (χ2v) is 6.49. The lowest BCUT2D eigenvalue weighted by Gasteiger charge is -2.60. The number of hydrogen-bond acceptors (Lipinski definition) is 1. The minimum atomic E-state index is 0.363. The van der Waals surface area contributed by atoms with Crippen molar-refractivity contribution >= 4 is 11.6 Å². The largest absolute Gasteiger partial charge is 0.365 e. The third kappa shape index (κ3) is 2.38. The molecular weight excluding hydrogens is 232 g/mol. The summed E-state index contributed by atoms with van der Waals surface area (Å²) in [5.74, 6) is 3.96. The SMILES string of the molecule is CC.CC1(COCCl)C2CC3CC(C2)CC1C3. The van der Waals surface area contributed by atoms with E-state index in [1.54, 1.807) is 0 Å². The zero-order valence-corrected chi connectivity index (χ0v) is 12.3. The van der Waals surface area contributed by atoms with Gasteiger partial charge in [-0.2, -0.15) is 0 Å². The van der Waals surface area contributed by atoms with Crippen LogP contribution in [0.1, 0.15) is 52.9 Å². The molecule has 0 unspecified atom stereocenters. The average molecular weight is 259 g/mol. The maximum absolute atomic E-state index is 5.65. The van der Waals surface area contributed by atoms with E-state index < -0.39 is 0 Å². The molecule has 0 radical (unpaired) electrons. The van der Waals surface area contributed by atoms with Gasteiger partial charge in [0.25, 0.3) is 0 Å². The summed E-state index contributed by atoms with van der Waals surface area (Å²) in [5.41, 5.74) is 0.447. The fourth-order valence-electron chi connectivity index (χ4n) is 4.76. The van der Waals surface area contributed by atoms with Crippen molar-refractivity contribution < 1.29 is 4.74 Å². The lowest BCUT2D eigenvalue weighted by Crippen LogP contribution is -2.53. The smallest absolute Gasteiger partial charge is 0.120 e. The second kappa shape index (κ2) is 5.48. The van der Waals surface area contributed by atoms with E-state index in [1.165, 1.54) is 32.1 Å². The van der Waals surface area contributed by atoms with Crippen LogP contribution < -0.4 is 0 Å². The molecule has 0 saturated heterocycles. The molecule has 0 aromatic rings. The van der Waals surface area contributed by atoms with E-state index in [-0.39, 0.29) is 0 Å². The Kier molecular flexibility index (Phi) is 4.41. The van der Waals surface area contributed by atoms with Crippen molar-refractivity contribution in [3.05, 3.63) is 0 Å². The molecule has 0 aromatic heterocycles. The van der Waals surface area contributed by atoms with Crippen LogP contribution in [0.2, 0.25) is 0 Å². The number of ether oxygens (including phenoxy) is 1. The van der Waals surface area contributed by atoms with Crippen molar-refractivity contribution in [1.29, 1.82) is 0 Å². The third-order valence-corrected chi connectivity index (χ3v) is 5.65. The predicted molar refractivity (Wildman–Crippen MR) is 73.2 cm³/mol. The molecule has 4 aliphatic carbocycles. The van der Waals surface area contributed by atoms with Crippen LogP contribution in [0.4, 0.5) is 0 Å². The molecular formula is C15H27ClO. The van der Waals surface area contributed by atoms with Gasteiger partial charge in [0.1, 0.15) is 6.07 Å². The van der Waals surface area contributed by atoms with Crippen LogP contribution in [0.25, 0.3) is 0 Å². The molecule has 0 spiro atoms. The van der Waals surface area contributed by atoms with Crippen LogP contribution in [0.15, 0.2) is 0 Å². The van der Waals surface area contributed by atoms with E-state index >= 15 is 0 Å². The van der Waals surface area contributed by atoms with E-state index in [4.69, 9.17) is 16.3 Å². The molecule has 0 atom stereocenters. The Bertz CT molecular complexity index is 223. The van der Waals surface area contributed by atoms with Gasteiger partial charge >= 0.3 is 0 Å². The summed E-state index contributed by atoms with van der Waals surface area (Å²) in [6.07, 6.45) is 7.40. The molecule has 2 heteroatoms. The zero-order chi connectivity index (χ0) is 12.5. The highest BCUT2D eigenvalue weighted by Crippen LogP contribution is 2.62. The predicted octanol–water partition coefficient (Wildman–Crippen LogP) is 4.69. The van der Waals surface area contributed by atoms with Gasteiger partial charge < -0.3 is 4.74 Å². The van der Waals surface area contributed by atoms with E-state index in [2.05, 4.69) is 6.92 Å². The monoisotopic (exact) mass is 258 g/mol. The molecule has 4 bridgehead atoms. The Morgan fingerprint density at radius 3 is 1.88 bits per heavy atom. The summed E-state index contributed by atoms with van der Waals surface area (Å²) >= 11 is 5.65. The highest BCUT2D eigenvalue weighted by Gasteiger charge is 2.54. The zero-order valence-electron chi connectivity index (χ0n) is 11.5. The normalized spacial score (nSPS) is 46.6. The minimum absolute atomic E-state index is 0.363. The molecule has 1 nitrogen and oxygen atoms in total. The standard InChI is InChI=1S/C13H21ClO.C2H6/c1-13(7-15-8-14)11-3-9-2-10(5-11)6-12(13)4-9;1-2/h9-12H,2-8H2,1H3;1-2H3. The molecule has 0 N–H and O–H groups in total. The van der Waals surface area contributed by atoms with Crippen LogP contribution in [-0.4, -0.2) is 12.7 Å². The molecule has 4 saturated carbocycles. The average Bonchev–Trinajstić information content (AvgIpc) is 2.35. The lowest BCUT2D eigenvalue weighted by atomic mass is 9.46. The molecule has 0 aromatic carbocycles. The van der Waals surface area contributed by atoms with E-state index in [0.717, 1.165) is 30.3 Å². The molecule has 4 aliphatic rings. The van der Waals surface area contributed by atoms with Crippen molar-refractivity contribution in [1.82, 2.24) is 0 Å². The Morgan fingerprint density at radius 1 is 1.00 bits per heavy atom. The fraction of sp³-hybridized carbons (Fsp3) is 1.00. The fourth-order valence-corrected chi connectivity index (χ4v) is 4.83. The van der Waals surface area contributed by atoms with Crippen molar-refractivity contribution in [2.75, 3.05) is 12.7 Å². The number of hydrogen-bond donors (Lipinski definition) is 0. The topological polar surface area (TPSA) is 9.23 Å². The first-order valence-electron chi connectivity index (χ1n) is 7.36. The molecule has 100 valence electrons. The van der Waals surface area contributed by atoms with E-state index in [1.807, 2.05) is 13.8 Å². The number of rotatable bonds is 3. The second-order valence-electron chi connectivity index (χ2n) is 6.27. The van der Waals surface area contributed by atoms with Gasteiger partial charge in [-0.1, -0.05) is 32.4 Å². The molecule has 0 amide bonds. The minimum Gasteiger partial charge on any atom is -0.365 e. The first-order valence-corrected chi connectivity index (χ1v) is 7.89. The molecule has 0 aliphatic heterocycles. The maximum Gasteiger partial charge on any atom is 0.120 e. The quantitative estimate of drug-likeness (QED) is 0.668. The van der Waals surface area contributed by atoms with Gasteiger partial charge in [-0.25, -0.2) is 0 Å². The molecule has 17 heavy (non-hydrogen) atoms. The van der Waals surface area contributed by atoms with Crippen LogP contribution >= 0.6 is 11.6 Å². The Morgan fingerprint density at radius 2 is 1.47 bits per heavy atom. The van der Waals surface area contributed by atoms with Crippen molar-refractivity contribution in [2.24, 2.45) is 29.1 Å². The third-order valence-electron chi connectivity index (χ3n) is 5.49. The van der Waals surface area contributed by atoms with Gasteiger partial charge in [0, 0.05) is 0 Å². The maximum atomic E-state index is 5.65. The highest BCUT2D eigenvalue weighted by molar-refractivity contribution is 6.17. The summed E-state index contributed by atoms with van der Waals surface area (Å²) in [4.78, 5) is 0. The summed E-state index contributed by atoms with van der Waals surface area (Å²) in [5, 5.41) is 0. The summed E-state index contributed by atoms with van der Waals surface area (Å²) in [7, 11) is 0.